The van der Waals surface area contributed by atoms with Crippen molar-refractivity contribution >= 4 is 11.9 Å². The second-order valence-electron chi connectivity index (χ2n) is 5.04. The Morgan fingerprint density at radius 2 is 2.14 bits per heavy atom. The van der Waals surface area contributed by atoms with Crippen molar-refractivity contribution in [3.63, 3.8) is 0 Å². The lowest BCUT2D eigenvalue weighted by Crippen LogP contribution is -2.52. The summed E-state index contributed by atoms with van der Waals surface area (Å²) in [5.41, 5.74) is 0.649. The molecule has 112 valence electrons. The predicted molar refractivity (Wildman–Crippen MR) is 68.5 cm³/mol. The lowest BCUT2D eigenvalue weighted by atomic mass is 10.1. The number of carboxylic acids is 1. The zero-order valence-electron chi connectivity index (χ0n) is 11.1. The molecule has 1 fully saturated rings. The average Bonchev–Trinajstić information content (AvgIpc) is 2.89. The first kappa shape index (κ1) is 13.8. The molecule has 1 aromatic carbocycles. The first-order valence-corrected chi connectivity index (χ1v) is 6.63. The molecule has 1 amide bonds. The van der Waals surface area contributed by atoms with Gasteiger partial charge in [0.05, 0.1) is 13.2 Å². The van der Waals surface area contributed by atoms with Crippen molar-refractivity contribution in [2.75, 3.05) is 19.7 Å². The monoisotopic (exact) mass is 295 g/mol. The van der Waals surface area contributed by atoms with Crippen molar-refractivity contribution in [3.8, 4) is 5.75 Å². The molecule has 21 heavy (non-hydrogen) atoms. The van der Waals surface area contributed by atoms with E-state index in [4.69, 9.17) is 14.6 Å². The van der Waals surface area contributed by atoms with Crippen LogP contribution in [0, 0.1) is 5.82 Å². The Morgan fingerprint density at radius 3 is 2.90 bits per heavy atom. The fraction of sp³-hybridized carbons (Fsp3) is 0.429. The number of fused-ring (bicyclic) bond motifs is 1. The summed E-state index contributed by atoms with van der Waals surface area (Å²) in [4.78, 5) is 24.7. The Morgan fingerprint density at radius 1 is 1.33 bits per heavy atom. The van der Waals surface area contributed by atoms with Gasteiger partial charge in [0, 0.05) is 18.5 Å². The molecule has 0 spiro atoms. The third-order valence-electron chi connectivity index (χ3n) is 3.63. The maximum atomic E-state index is 13.2. The molecule has 2 aliphatic rings. The third-order valence-corrected chi connectivity index (χ3v) is 3.63. The van der Waals surface area contributed by atoms with Gasteiger partial charge in [-0.05, 0) is 18.2 Å². The van der Waals surface area contributed by atoms with Gasteiger partial charge in [0.15, 0.2) is 12.2 Å². The summed E-state index contributed by atoms with van der Waals surface area (Å²) in [6.45, 7) is 0.503. The molecule has 7 heteroatoms. The number of carboxylic acid groups (broad SMARTS) is 1. The summed E-state index contributed by atoms with van der Waals surface area (Å²) >= 11 is 0. The van der Waals surface area contributed by atoms with Crippen LogP contribution in [0.15, 0.2) is 18.2 Å². The van der Waals surface area contributed by atoms with Crippen LogP contribution in [0.3, 0.4) is 0 Å². The molecule has 1 N–H and O–H groups in total. The van der Waals surface area contributed by atoms with Crippen molar-refractivity contribution in [1.29, 1.82) is 0 Å². The van der Waals surface area contributed by atoms with E-state index >= 15 is 0 Å². The molecule has 1 saturated heterocycles. The van der Waals surface area contributed by atoms with Crippen molar-refractivity contribution in [3.05, 3.63) is 29.6 Å². The van der Waals surface area contributed by atoms with Crippen LogP contribution in [0.1, 0.15) is 5.56 Å². The summed E-state index contributed by atoms with van der Waals surface area (Å²) in [5, 5.41) is 8.94. The lowest BCUT2D eigenvalue weighted by molar-refractivity contribution is -0.161. The average molecular weight is 295 g/mol. The van der Waals surface area contributed by atoms with E-state index in [1.54, 1.807) is 0 Å². The number of carbonyl (C=O) groups excluding carboxylic acids is 1. The van der Waals surface area contributed by atoms with Crippen molar-refractivity contribution in [2.24, 2.45) is 0 Å². The van der Waals surface area contributed by atoms with E-state index in [0.29, 0.717) is 24.3 Å². The topological polar surface area (TPSA) is 76.1 Å². The molecule has 2 heterocycles. The van der Waals surface area contributed by atoms with E-state index in [9.17, 15) is 14.0 Å². The number of nitrogens with zero attached hydrogens (tertiary/aromatic N) is 1. The summed E-state index contributed by atoms with van der Waals surface area (Å²) in [5.74, 6) is -1.26. The number of halogens is 1. The van der Waals surface area contributed by atoms with E-state index in [-0.39, 0.29) is 24.9 Å². The normalized spacial score (nSPS) is 24.3. The van der Waals surface area contributed by atoms with Gasteiger partial charge in [0.25, 0.3) is 5.91 Å². The van der Waals surface area contributed by atoms with Crippen LogP contribution in [0.2, 0.25) is 0 Å². The van der Waals surface area contributed by atoms with Crippen molar-refractivity contribution in [1.82, 2.24) is 4.90 Å². The fourth-order valence-electron chi connectivity index (χ4n) is 2.56. The minimum Gasteiger partial charge on any atom is -0.480 e. The molecule has 2 aliphatic heterocycles. The molecule has 0 radical (unpaired) electrons. The van der Waals surface area contributed by atoms with Crippen LogP contribution in [0.4, 0.5) is 4.39 Å². The van der Waals surface area contributed by atoms with Crippen LogP contribution < -0.4 is 4.74 Å². The van der Waals surface area contributed by atoms with Gasteiger partial charge in [-0.1, -0.05) is 0 Å². The molecule has 2 atom stereocenters. The lowest BCUT2D eigenvalue weighted by Gasteiger charge is -2.32. The first-order valence-electron chi connectivity index (χ1n) is 6.63. The highest BCUT2D eigenvalue weighted by Gasteiger charge is 2.36. The Labute approximate surface area is 120 Å². The third kappa shape index (κ3) is 2.69. The Kier molecular flexibility index (Phi) is 3.50. The van der Waals surface area contributed by atoms with Crippen LogP contribution in [-0.2, 0) is 20.7 Å². The highest BCUT2D eigenvalue weighted by atomic mass is 19.1. The SMILES string of the molecule is O=C(O)[C@@H]1CN(C(=O)[C@@H]2Cc3cc(F)ccc3O2)CCO1. The zero-order chi connectivity index (χ0) is 15.0. The number of carbonyl (C=O) groups is 2. The number of benzene rings is 1. The highest BCUT2D eigenvalue weighted by Crippen LogP contribution is 2.30. The number of ether oxygens (including phenoxy) is 2. The van der Waals surface area contributed by atoms with Crippen LogP contribution in [0.25, 0.3) is 0 Å². The number of rotatable bonds is 2. The number of hydrogen-bond donors (Lipinski definition) is 1. The number of hydrogen-bond acceptors (Lipinski definition) is 4. The molecule has 6 nitrogen and oxygen atoms in total. The number of aliphatic carboxylic acids is 1. The van der Waals surface area contributed by atoms with Crippen LogP contribution in [0.5, 0.6) is 5.75 Å². The standard InChI is InChI=1S/C14H14FNO5/c15-9-1-2-10-8(5-9)6-11(21-10)13(17)16-3-4-20-12(7-16)14(18)19/h1-2,5,11-12H,3-4,6-7H2,(H,18,19)/t11-,12-/m0/s1. The van der Waals surface area contributed by atoms with E-state index in [2.05, 4.69) is 0 Å². The maximum absolute atomic E-state index is 13.2. The molecule has 0 saturated carbocycles. The second kappa shape index (κ2) is 5.33. The van der Waals surface area contributed by atoms with E-state index in [0.717, 1.165) is 0 Å². The predicted octanol–water partition coefficient (Wildman–Crippen LogP) is 0.441. The summed E-state index contributed by atoms with van der Waals surface area (Å²) < 4.78 is 23.8. The Hall–Kier alpha value is -2.15. The first-order chi connectivity index (χ1) is 10.0. The molecule has 3 rings (SSSR count). The van der Waals surface area contributed by atoms with E-state index < -0.39 is 18.2 Å². The van der Waals surface area contributed by atoms with Gasteiger partial charge in [-0.25, -0.2) is 9.18 Å². The van der Waals surface area contributed by atoms with E-state index in [1.165, 1.54) is 23.1 Å². The summed E-state index contributed by atoms with van der Waals surface area (Å²) in [7, 11) is 0. The summed E-state index contributed by atoms with van der Waals surface area (Å²) in [6, 6.07) is 4.13. The quantitative estimate of drug-likeness (QED) is 0.857. The summed E-state index contributed by atoms with van der Waals surface area (Å²) in [6.07, 6.45) is -1.45. The molecule has 1 aromatic rings. The molecule has 0 unspecified atom stereocenters. The Balaban J connectivity index is 1.68. The molecule has 0 aromatic heterocycles. The van der Waals surface area contributed by atoms with Crippen molar-refractivity contribution < 1.29 is 28.6 Å². The highest BCUT2D eigenvalue weighted by molar-refractivity contribution is 5.83. The van der Waals surface area contributed by atoms with E-state index in [1.807, 2.05) is 0 Å². The molecule has 0 bridgehead atoms. The smallest absolute Gasteiger partial charge is 0.334 e. The largest absolute Gasteiger partial charge is 0.480 e. The van der Waals surface area contributed by atoms with Gasteiger partial charge in [0.1, 0.15) is 11.6 Å². The number of morpholine rings is 1. The zero-order valence-corrected chi connectivity index (χ0v) is 11.1. The van der Waals surface area contributed by atoms with Gasteiger partial charge >= 0.3 is 5.97 Å². The fourth-order valence-corrected chi connectivity index (χ4v) is 2.56. The number of amides is 1. The van der Waals surface area contributed by atoms with Crippen LogP contribution in [-0.4, -0.2) is 53.8 Å². The van der Waals surface area contributed by atoms with Gasteiger partial charge in [-0.3, -0.25) is 4.79 Å². The second-order valence-corrected chi connectivity index (χ2v) is 5.04. The molecular formula is C14H14FNO5. The minimum absolute atomic E-state index is 0.00126. The van der Waals surface area contributed by atoms with Gasteiger partial charge < -0.3 is 19.5 Å². The van der Waals surface area contributed by atoms with Gasteiger partial charge in [0.2, 0.25) is 0 Å². The molecule has 0 aliphatic carbocycles. The van der Waals surface area contributed by atoms with Gasteiger partial charge in [-0.15, -0.1) is 0 Å². The van der Waals surface area contributed by atoms with Gasteiger partial charge in [-0.2, -0.15) is 0 Å². The Bertz CT molecular complexity index is 591. The maximum Gasteiger partial charge on any atom is 0.334 e. The molecular weight excluding hydrogens is 281 g/mol. The minimum atomic E-state index is -1.09. The van der Waals surface area contributed by atoms with Crippen molar-refractivity contribution in [2.45, 2.75) is 18.6 Å². The van der Waals surface area contributed by atoms with Crippen LogP contribution >= 0.6 is 0 Å².